The van der Waals surface area contributed by atoms with E-state index in [1.165, 1.54) is 0 Å². The zero-order valence-electron chi connectivity index (χ0n) is 8.81. The SMILES string of the molecule is Cc1nnc(NC(=O)C(C#N)C(C)C)o1. The van der Waals surface area contributed by atoms with Gasteiger partial charge in [-0.1, -0.05) is 18.9 Å². The minimum atomic E-state index is -0.711. The number of hydrogen-bond acceptors (Lipinski definition) is 5. The topological polar surface area (TPSA) is 91.8 Å². The fraction of sp³-hybridized carbons (Fsp3) is 0.556. The molecule has 1 N–H and O–H groups in total. The molecule has 6 heteroatoms. The number of rotatable bonds is 3. The van der Waals surface area contributed by atoms with Crippen molar-refractivity contribution in [3.05, 3.63) is 5.89 Å². The summed E-state index contributed by atoms with van der Waals surface area (Å²) in [5.74, 6) is -0.823. The zero-order chi connectivity index (χ0) is 11.4. The highest BCUT2D eigenvalue weighted by atomic mass is 16.4. The van der Waals surface area contributed by atoms with Crippen molar-refractivity contribution >= 4 is 11.9 Å². The van der Waals surface area contributed by atoms with E-state index in [0.717, 1.165) is 0 Å². The van der Waals surface area contributed by atoms with Crippen LogP contribution in [0.25, 0.3) is 0 Å². The van der Waals surface area contributed by atoms with E-state index < -0.39 is 11.8 Å². The Morgan fingerprint density at radius 2 is 2.20 bits per heavy atom. The van der Waals surface area contributed by atoms with Crippen LogP contribution in [-0.4, -0.2) is 16.1 Å². The number of aryl methyl sites for hydroxylation is 1. The summed E-state index contributed by atoms with van der Waals surface area (Å²) in [5.41, 5.74) is 0. The Morgan fingerprint density at radius 3 is 2.60 bits per heavy atom. The average molecular weight is 208 g/mol. The highest BCUT2D eigenvalue weighted by Crippen LogP contribution is 2.13. The molecule has 0 aliphatic rings. The molecule has 1 unspecified atom stereocenters. The van der Waals surface area contributed by atoms with Gasteiger partial charge in [0.1, 0.15) is 5.92 Å². The van der Waals surface area contributed by atoms with Crippen molar-refractivity contribution in [2.45, 2.75) is 20.8 Å². The van der Waals surface area contributed by atoms with Crippen molar-refractivity contribution in [3.8, 4) is 6.07 Å². The molecule has 1 heterocycles. The van der Waals surface area contributed by atoms with Crippen molar-refractivity contribution in [2.75, 3.05) is 5.32 Å². The molecule has 0 aromatic carbocycles. The lowest BCUT2D eigenvalue weighted by molar-refractivity contribution is -0.119. The smallest absolute Gasteiger partial charge is 0.322 e. The lowest BCUT2D eigenvalue weighted by Gasteiger charge is -2.10. The molecule has 0 aliphatic heterocycles. The Labute approximate surface area is 87.3 Å². The Morgan fingerprint density at radius 1 is 1.53 bits per heavy atom. The predicted molar refractivity (Wildman–Crippen MR) is 51.6 cm³/mol. The minimum Gasteiger partial charge on any atom is -0.408 e. The van der Waals surface area contributed by atoms with Gasteiger partial charge in [-0.15, -0.1) is 5.10 Å². The summed E-state index contributed by atoms with van der Waals surface area (Å²) in [7, 11) is 0. The number of carbonyl (C=O) groups excluding carboxylic acids is 1. The van der Waals surface area contributed by atoms with Crippen LogP contribution in [0.4, 0.5) is 6.01 Å². The van der Waals surface area contributed by atoms with Crippen LogP contribution in [0.15, 0.2) is 4.42 Å². The van der Waals surface area contributed by atoms with E-state index in [4.69, 9.17) is 9.68 Å². The van der Waals surface area contributed by atoms with Crippen molar-refractivity contribution in [3.63, 3.8) is 0 Å². The van der Waals surface area contributed by atoms with Crippen LogP contribution in [0.5, 0.6) is 0 Å². The van der Waals surface area contributed by atoms with Gasteiger partial charge in [-0.05, 0) is 5.92 Å². The molecule has 0 aliphatic carbocycles. The first-order valence-corrected chi connectivity index (χ1v) is 4.55. The number of hydrogen-bond donors (Lipinski definition) is 1. The van der Waals surface area contributed by atoms with Crippen LogP contribution in [-0.2, 0) is 4.79 Å². The first kappa shape index (κ1) is 11.2. The molecular formula is C9H12N4O2. The van der Waals surface area contributed by atoms with E-state index in [0.29, 0.717) is 5.89 Å². The van der Waals surface area contributed by atoms with Gasteiger partial charge >= 0.3 is 6.01 Å². The molecule has 0 fully saturated rings. The number of anilines is 1. The maximum atomic E-state index is 11.5. The van der Waals surface area contributed by atoms with E-state index in [1.54, 1.807) is 20.8 Å². The van der Waals surface area contributed by atoms with Gasteiger partial charge in [0.15, 0.2) is 0 Å². The molecule has 0 radical (unpaired) electrons. The number of amides is 1. The summed E-state index contributed by atoms with van der Waals surface area (Å²) >= 11 is 0. The molecule has 0 spiro atoms. The number of nitriles is 1. The zero-order valence-corrected chi connectivity index (χ0v) is 8.81. The van der Waals surface area contributed by atoms with Crippen LogP contribution in [0.2, 0.25) is 0 Å². The van der Waals surface area contributed by atoms with E-state index in [-0.39, 0.29) is 11.9 Å². The lowest BCUT2D eigenvalue weighted by Crippen LogP contribution is -2.25. The molecule has 1 aromatic rings. The van der Waals surface area contributed by atoms with E-state index in [2.05, 4.69) is 15.5 Å². The second-order valence-electron chi connectivity index (χ2n) is 3.47. The van der Waals surface area contributed by atoms with E-state index in [1.807, 2.05) is 6.07 Å². The summed E-state index contributed by atoms with van der Waals surface area (Å²) in [4.78, 5) is 11.5. The van der Waals surface area contributed by atoms with Gasteiger partial charge in [0.05, 0.1) is 6.07 Å². The highest BCUT2D eigenvalue weighted by Gasteiger charge is 2.23. The molecular weight excluding hydrogens is 196 g/mol. The van der Waals surface area contributed by atoms with Gasteiger partial charge in [-0.25, -0.2) is 0 Å². The molecule has 1 atom stereocenters. The molecule has 15 heavy (non-hydrogen) atoms. The average Bonchev–Trinajstić information content (AvgIpc) is 2.51. The van der Waals surface area contributed by atoms with Crippen molar-refractivity contribution < 1.29 is 9.21 Å². The monoisotopic (exact) mass is 208 g/mol. The predicted octanol–water partition coefficient (Wildman–Crippen LogP) is 1.11. The van der Waals surface area contributed by atoms with Crippen LogP contribution in [0.3, 0.4) is 0 Å². The van der Waals surface area contributed by atoms with E-state index >= 15 is 0 Å². The third-order valence-corrected chi connectivity index (χ3v) is 1.84. The molecule has 80 valence electrons. The summed E-state index contributed by atoms with van der Waals surface area (Å²) in [5, 5.41) is 18.3. The van der Waals surface area contributed by atoms with Gasteiger partial charge in [0.2, 0.25) is 11.8 Å². The molecule has 1 amide bonds. The number of nitrogens with zero attached hydrogens (tertiary/aromatic N) is 3. The highest BCUT2D eigenvalue weighted by molar-refractivity contribution is 5.92. The first-order chi connectivity index (χ1) is 7.04. The molecule has 1 aromatic heterocycles. The summed E-state index contributed by atoms with van der Waals surface area (Å²) in [6.07, 6.45) is 0. The molecule has 6 nitrogen and oxygen atoms in total. The van der Waals surface area contributed by atoms with Crippen molar-refractivity contribution in [2.24, 2.45) is 11.8 Å². The maximum Gasteiger partial charge on any atom is 0.322 e. The van der Waals surface area contributed by atoms with Crippen LogP contribution < -0.4 is 5.32 Å². The van der Waals surface area contributed by atoms with Gasteiger partial charge in [-0.2, -0.15) is 5.26 Å². The fourth-order valence-corrected chi connectivity index (χ4v) is 1.04. The lowest BCUT2D eigenvalue weighted by atomic mass is 9.97. The Hall–Kier alpha value is -1.90. The quantitative estimate of drug-likeness (QED) is 0.803. The van der Waals surface area contributed by atoms with Gasteiger partial charge in [0.25, 0.3) is 0 Å². The summed E-state index contributed by atoms with van der Waals surface area (Å²) in [6, 6.07) is 1.95. The molecule has 0 bridgehead atoms. The second kappa shape index (κ2) is 4.55. The van der Waals surface area contributed by atoms with Gasteiger partial charge in [-0.3, -0.25) is 10.1 Å². The number of carbonyl (C=O) groups is 1. The third-order valence-electron chi connectivity index (χ3n) is 1.84. The summed E-state index contributed by atoms with van der Waals surface area (Å²) in [6.45, 7) is 5.21. The first-order valence-electron chi connectivity index (χ1n) is 4.55. The molecule has 1 rings (SSSR count). The normalized spacial score (nSPS) is 12.2. The van der Waals surface area contributed by atoms with Gasteiger partial charge < -0.3 is 4.42 Å². The second-order valence-corrected chi connectivity index (χ2v) is 3.47. The van der Waals surface area contributed by atoms with Crippen LogP contribution >= 0.6 is 0 Å². The van der Waals surface area contributed by atoms with Crippen molar-refractivity contribution in [1.29, 1.82) is 5.26 Å². The van der Waals surface area contributed by atoms with Crippen LogP contribution in [0.1, 0.15) is 19.7 Å². The minimum absolute atomic E-state index is 0.0263. The van der Waals surface area contributed by atoms with Crippen LogP contribution in [0, 0.1) is 30.1 Å². The summed E-state index contributed by atoms with van der Waals surface area (Å²) < 4.78 is 4.96. The molecule has 0 saturated heterocycles. The number of aromatic nitrogens is 2. The van der Waals surface area contributed by atoms with E-state index in [9.17, 15) is 4.79 Å². The number of nitrogens with one attached hydrogen (secondary N) is 1. The maximum absolute atomic E-state index is 11.5. The standard InChI is InChI=1S/C9H12N4O2/c1-5(2)7(4-10)8(14)11-9-13-12-6(3)15-9/h5,7H,1-3H3,(H,11,13,14). The Bertz CT molecular complexity index is 391. The fourth-order valence-electron chi connectivity index (χ4n) is 1.04. The Kier molecular flexibility index (Phi) is 3.39. The largest absolute Gasteiger partial charge is 0.408 e. The third kappa shape index (κ3) is 2.77. The molecule has 0 saturated carbocycles. The van der Waals surface area contributed by atoms with Gasteiger partial charge in [0, 0.05) is 6.92 Å². The Balaban J connectivity index is 2.67. The van der Waals surface area contributed by atoms with Crippen molar-refractivity contribution in [1.82, 2.24) is 10.2 Å².